The smallest absolute Gasteiger partial charge is 0.225 e. The normalized spacial score (nSPS) is 22.2. The van der Waals surface area contributed by atoms with Crippen LogP contribution in [-0.2, 0) is 0 Å². The van der Waals surface area contributed by atoms with E-state index in [4.69, 9.17) is 10.5 Å². The lowest BCUT2D eigenvalue weighted by Gasteiger charge is -2.24. The van der Waals surface area contributed by atoms with Crippen molar-refractivity contribution in [3.63, 3.8) is 0 Å². The number of nitrogens with two attached hydrogens (primary N) is 1. The molecule has 2 rings (SSSR count). The maximum atomic E-state index is 5.78. The van der Waals surface area contributed by atoms with E-state index in [0.717, 1.165) is 19.4 Å². The van der Waals surface area contributed by atoms with Crippen molar-refractivity contribution in [1.29, 1.82) is 0 Å². The molecule has 0 amide bonds. The van der Waals surface area contributed by atoms with Gasteiger partial charge in [0, 0.05) is 12.6 Å². The molecular weight excluding hydrogens is 240 g/mol. The average molecular weight is 262 g/mol. The molecule has 0 saturated heterocycles. The summed E-state index contributed by atoms with van der Waals surface area (Å²) in [5, 5.41) is 3.11. The second-order valence-corrected chi connectivity index (χ2v) is 4.97. The SMILES string of the molecule is CCNc1cc(OCC2CC=CCC2C)nc(N)n1. The summed E-state index contributed by atoms with van der Waals surface area (Å²) in [4.78, 5) is 8.21. The van der Waals surface area contributed by atoms with Crippen molar-refractivity contribution >= 4 is 11.8 Å². The molecule has 0 bridgehead atoms. The molecule has 0 radical (unpaired) electrons. The molecule has 5 heteroatoms. The fraction of sp³-hybridized carbons (Fsp3) is 0.571. The molecule has 0 aliphatic heterocycles. The second-order valence-electron chi connectivity index (χ2n) is 4.97. The fourth-order valence-corrected chi connectivity index (χ4v) is 2.22. The van der Waals surface area contributed by atoms with Gasteiger partial charge in [0.2, 0.25) is 11.8 Å². The lowest BCUT2D eigenvalue weighted by molar-refractivity contribution is 0.193. The van der Waals surface area contributed by atoms with Gasteiger partial charge < -0.3 is 15.8 Å². The molecule has 1 aliphatic rings. The predicted octanol–water partition coefficient (Wildman–Crippen LogP) is 2.47. The molecule has 1 aromatic rings. The highest BCUT2D eigenvalue weighted by Crippen LogP contribution is 2.26. The Morgan fingerprint density at radius 1 is 1.37 bits per heavy atom. The van der Waals surface area contributed by atoms with Crippen molar-refractivity contribution < 1.29 is 4.74 Å². The van der Waals surface area contributed by atoms with Crippen LogP contribution in [0.2, 0.25) is 0 Å². The molecule has 2 unspecified atom stereocenters. The van der Waals surface area contributed by atoms with Gasteiger partial charge in [-0.1, -0.05) is 19.1 Å². The average Bonchev–Trinajstić information content (AvgIpc) is 2.37. The molecule has 1 heterocycles. The molecular formula is C14H22N4O. The van der Waals surface area contributed by atoms with E-state index >= 15 is 0 Å². The maximum Gasteiger partial charge on any atom is 0.225 e. The summed E-state index contributed by atoms with van der Waals surface area (Å²) in [6, 6.07) is 1.79. The van der Waals surface area contributed by atoms with Gasteiger partial charge in [-0.2, -0.15) is 9.97 Å². The Balaban J connectivity index is 1.96. The summed E-state index contributed by atoms with van der Waals surface area (Å²) < 4.78 is 5.78. The number of nitrogens with one attached hydrogen (secondary N) is 1. The van der Waals surface area contributed by atoms with Crippen LogP contribution in [0.1, 0.15) is 26.7 Å². The number of aromatic nitrogens is 2. The summed E-state index contributed by atoms with van der Waals surface area (Å²) in [6.07, 6.45) is 6.67. The van der Waals surface area contributed by atoms with Gasteiger partial charge in [-0.3, -0.25) is 0 Å². The zero-order chi connectivity index (χ0) is 13.7. The van der Waals surface area contributed by atoms with E-state index in [1.54, 1.807) is 6.07 Å². The first-order valence-corrected chi connectivity index (χ1v) is 6.85. The van der Waals surface area contributed by atoms with Crippen LogP contribution in [0.15, 0.2) is 18.2 Å². The molecule has 1 aliphatic carbocycles. The predicted molar refractivity (Wildman–Crippen MR) is 77.1 cm³/mol. The Morgan fingerprint density at radius 2 is 2.16 bits per heavy atom. The molecule has 1 aromatic heterocycles. The Bertz CT molecular complexity index is 447. The maximum absolute atomic E-state index is 5.78. The standard InChI is InChI=1S/C14H22N4O/c1-3-16-12-8-13(18-14(15)17-12)19-9-11-7-5-4-6-10(11)2/h4-5,8,10-11H,3,6-7,9H2,1-2H3,(H3,15,16,17,18). The first-order chi connectivity index (χ1) is 9.19. The van der Waals surface area contributed by atoms with Gasteiger partial charge in [0.25, 0.3) is 0 Å². The fourth-order valence-electron chi connectivity index (χ4n) is 2.22. The topological polar surface area (TPSA) is 73.1 Å². The number of nitrogen functional groups attached to an aromatic ring is 1. The molecule has 104 valence electrons. The molecule has 0 fully saturated rings. The largest absolute Gasteiger partial charge is 0.477 e. The number of hydrogen-bond acceptors (Lipinski definition) is 5. The van der Waals surface area contributed by atoms with Gasteiger partial charge in [0.15, 0.2) is 0 Å². The van der Waals surface area contributed by atoms with Gasteiger partial charge in [-0.15, -0.1) is 0 Å². The van der Waals surface area contributed by atoms with Gasteiger partial charge in [-0.05, 0) is 31.6 Å². The third kappa shape index (κ3) is 3.84. The Kier molecular flexibility index (Phi) is 4.60. The summed E-state index contributed by atoms with van der Waals surface area (Å²) in [5.74, 6) is 2.69. The van der Waals surface area contributed by atoms with Crippen LogP contribution in [0, 0.1) is 11.8 Å². The molecule has 0 spiro atoms. The molecule has 0 aromatic carbocycles. The first kappa shape index (κ1) is 13.6. The van der Waals surface area contributed by atoms with Gasteiger partial charge >= 0.3 is 0 Å². The minimum absolute atomic E-state index is 0.241. The number of rotatable bonds is 5. The number of nitrogens with zero attached hydrogens (tertiary/aromatic N) is 2. The van der Waals surface area contributed by atoms with E-state index in [1.807, 2.05) is 6.92 Å². The van der Waals surface area contributed by atoms with E-state index in [9.17, 15) is 0 Å². The highest BCUT2D eigenvalue weighted by molar-refractivity contribution is 5.42. The molecule has 19 heavy (non-hydrogen) atoms. The summed E-state index contributed by atoms with van der Waals surface area (Å²) in [7, 11) is 0. The Morgan fingerprint density at radius 3 is 2.89 bits per heavy atom. The van der Waals surface area contributed by atoms with Crippen LogP contribution in [-0.4, -0.2) is 23.1 Å². The van der Waals surface area contributed by atoms with Crippen LogP contribution in [0.25, 0.3) is 0 Å². The molecule has 5 nitrogen and oxygen atoms in total. The van der Waals surface area contributed by atoms with Gasteiger partial charge in [-0.25, -0.2) is 0 Å². The summed E-state index contributed by atoms with van der Waals surface area (Å²) >= 11 is 0. The third-order valence-electron chi connectivity index (χ3n) is 3.44. The van der Waals surface area contributed by atoms with Gasteiger partial charge in [0.05, 0.1) is 6.61 Å². The monoisotopic (exact) mass is 262 g/mol. The van der Waals surface area contributed by atoms with Crippen LogP contribution >= 0.6 is 0 Å². The number of allylic oxidation sites excluding steroid dienone is 2. The lowest BCUT2D eigenvalue weighted by Crippen LogP contribution is -2.21. The van der Waals surface area contributed by atoms with E-state index in [2.05, 4.69) is 34.4 Å². The van der Waals surface area contributed by atoms with Crippen LogP contribution < -0.4 is 15.8 Å². The Labute approximate surface area is 114 Å². The highest BCUT2D eigenvalue weighted by atomic mass is 16.5. The van der Waals surface area contributed by atoms with Crippen molar-refractivity contribution in [2.75, 3.05) is 24.2 Å². The summed E-state index contributed by atoms with van der Waals surface area (Å²) in [5.41, 5.74) is 5.67. The van der Waals surface area contributed by atoms with E-state index in [-0.39, 0.29) is 5.95 Å². The minimum Gasteiger partial charge on any atom is -0.477 e. The Hall–Kier alpha value is -1.78. The van der Waals surface area contributed by atoms with Crippen molar-refractivity contribution in [3.05, 3.63) is 18.2 Å². The molecule has 2 atom stereocenters. The highest BCUT2D eigenvalue weighted by Gasteiger charge is 2.19. The first-order valence-electron chi connectivity index (χ1n) is 6.85. The lowest BCUT2D eigenvalue weighted by atomic mass is 9.85. The zero-order valence-electron chi connectivity index (χ0n) is 11.6. The molecule has 3 N–H and O–H groups in total. The third-order valence-corrected chi connectivity index (χ3v) is 3.44. The van der Waals surface area contributed by atoms with E-state index in [1.165, 1.54) is 0 Å². The number of ether oxygens (including phenoxy) is 1. The minimum atomic E-state index is 0.241. The zero-order valence-corrected chi connectivity index (χ0v) is 11.6. The quantitative estimate of drug-likeness (QED) is 0.797. The van der Waals surface area contributed by atoms with Crippen molar-refractivity contribution in [2.45, 2.75) is 26.7 Å². The van der Waals surface area contributed by atoms with Crippen molar-refractivity contribution in [2.24, 2.45) is 11.8 Å². The van der Waals surface area contributed by atoms with Crippen molar-refractivity contribution in [1.82, 2.24) is 9.97 Å². The second kappa shape index (κ2) is 6.41. The number of anilines is 2. The van der Waals surface area contributed by atoms with E-state index in [0.29, 0.717) is 30.1 Å². The molecule has 0 saturated carbocycles. The van der Waals surface area contributed by atoms with Crippen LogP contribution in [0.5, 0.6) is 5.88 Å². The van der Waals surface area contributed by atoms with E-state index < -0.39 is 0 Å². The van der Waals surface area contributed by atoms with Crippen LogP contribution in [0.4, 0.5) is 11.8 Å². The number of hydrogen-bond donors (Lipinski definition) is 2. The van der Waals surface area contributed by atoms with Gasteiger partial charge in [0.1, 0.15) is 5.82 Å². The van der Waals surface area contributed by atoms with Crippen LogP contribution in [0.3, 0.4) is 0 Å². The van der Waals surface area contributed by atoms with Crippen molar-refractivity contribution in [3.8, 4) is 5.88 Å². The summed E-state index contributed by atoms with van der Waals surface area (Å²) in [6.45, 7) is 5.73.